The van der Waals surface area contributed by atoms with Crippen LogP contribution < -0.4 is 15.0 Å². The molecule has 0 spiro atoms. The Balaban J connectivity index is 1.99. The van der Waals surface area contributed by atoms with Crippen LogP contribution >= 0.6 is 0 Å². The summed E-state index contributed by atoms with van der Waals surface area (Å²) >= 11 is 0. The molecule has 20 heavy (non-hydrogen) atoms. The summed E-state index contributed by atoms with van der Waals surface area (Å²) in [5.41, 5.74) is 2.29. The summed E-state index contributed by atoms with van der Waals surface area (Å²) in [7, 11) is 1.49. The van der Waals surface area contributed by atoms with Gasteiger partial charge in [-0.1, -0.05) is 6.07 Å². The molecule has 0 aliphatic rings. The third kappa shape index (κ3) is 3.20. The van der Waals surface area contributed by atoms with Gasteiger partial charge in [0.2, 0.25) is 0 Å². The first-order chi connectivity index (χ1) is 9.61. The average Bonchev–Trinajstić information content (AvgIpc) is 2.44. The fraction of sp³-hybridized carbons (Fsp3) is 0.312. The van der Waals surface area contributed by atoms with E-state index >= 15 is 0 Å². The fourth-order valence-electron chi connectivity index (χ4n) is 1.91. The molecule has 0 amide bonds. The van der Waals surface area contributed by atoms with Crippen LogP contribution in [0.3, 0.4) is 0 Å². The fourth-order valence-corrected chi connectivity index (χ4v) is 1.91. The summed E-state index contributed by atoms with van der Waals surface area (Å²) in [5, 5.41) is 0. The van der Waals surface area contributed by atoms with Gasteiger partial charge in [-0.15, -0.1) is 0 Å². The number of nitrogens with zero attached hydrogens (tertiary/aromatic N) is 1. The van der Waals surface area contributed by atoms with Gasteiger partial charge in [0, 0.05) is 6.20 Å². The Kier molecular flexibility index (Phi) is 4.45. The van der Waals surface area contributed by atoms with E-state index in [1.165, 1.54) is 18.2 Å². The zero-order valence-electron chi connectivity index (χ0n) is 12.1. The summed E-state index contributed by atoms with van der Waals surface area (Å²) < 4.78 is 12.3. The summed E-state index contributed by atoms with van der Waals surface area (Å²) in [4.78, 5) is 11.9. The lowest BCUT2D eigenvalue weighted by Crippen LogP contribution is -2.23. The maximum absolute atomic E-state index is 11.9. The van der Waals surface area contributed by atoms with Crippen LogP contribution in [0.25, 0.3) is 0 Å². The summed E-state index contributed by atoms with van der Waals surface area (Å²) in [6.07, 6.45) is 1.73. The highest BCUT2D eigenvalue weighted by Crippen LogP contribution is 2.16. The predicted octanol–water partition coefficient (Wildman–Crippen LogP) is 2.55. The lowest BCUT2D eigenvalue weighted by molar-refractivity contribution is 0.294. The molecular formula is C16H19NO3. The molecule has 0 atom stereocenters. The summed E-state index contributed by atoms with van der Waals surface area (Å²) in [6, 6.07) is 9.42. The largest absolute Gasteiger partial charge is 0.492 e. The van der Waals surface area contributed by atoms with Crippen molar-refractivity contribution < 1.29 is 9.47 Å². The molecule has 2 aromatic rings. The normalized spacial score (nSPS) is 10.3. The van der Waals surface area contributed by atoms with Crippen LogP contribution in [-0.2, 0) is 6.54 Å². The molecule has 1 heterocycles. The van der Waals surface area contributed by atoms with Gasteiger partial charge in [-0.25, -0.2) is 0 Å². The highest BCUT2D eigenvalue weighted by atomic mass is 16.5. The molecule has 0 aliphatic carbocycles. The zero-order valence-corrected chi connectivity index (χ0v) is 12.1. The van der Waals surface area contributed by atoms with Crippen molar-refractivity contribution >= 4 is 0 Å². The lowest BCUT2D eigenvalue weighted by Gasteiger charge is -2.10. The van der Waals surface area contributed by atoms with Gasteiger partial charge in [0.05, 0.1) is 13.7 Å². The van der Waals surface area contributed by atoms with E-state index in [-0.39, 0.29) is 5.56 Å². The van der Waals surface area contributed by atoms with E-state index in [2.05, 4.69) is 13.8 Å². The minimum atomic E-state index is -0.140. The molecule has 0 N–H and O–H groups in total. The van der Waals surface area contributed by atoms with Gasteiger partial charge < -0.3 is 14.0 Å². The van der Waals surface area contributed by atoms with Crippen molar-refractivity contribution in [3.05, 3.63) is 58.0 Å². The van der Waals surface area contributed by atoms with Gasteiger partial charge in [-0.2, -0.15) is 0 Å². The number of rotatable bonds is 5. The third-order valence-corrected chi connectivity index (χ3v) is 3.28. The van der Waals surface area contributed by atoms with Crippen LogP contribution in [0.1, 0.15) is 11.1 Å². The van der Waals surface area contributed by atoms with E-state index in [1.807, 2.05) is 18.2 Å². The molecule has 106 valence electrons. The van der Waals surface area contributed by atoms with Crippen LogP contribution in [0.5, 0.6) is 11.5 Å². The molecule has 0 saturated carbocycles. The van der Waals surface area contributed by atoms with Crippen LogP contribution in [-0.4, -0.2) is 18.3 Å². The Morgan fingerprint density at radius 2 is 1.95 bits per heavy atom. The van der Waals surface area contributed by atoms with Gasteiger partial charge in [0.25, 0.3) is 5.56 Å². The molecule has 0 bridgehead atoms. The van der Waals surface area contributed by atoms with Crippen molar-refractivity contribution in [3.63, 3.8) is 0 Å². The van der Waals surface area contributed by atoms with Gasteiger partial charge in [-0.05, 0) is 49.2 Å². The molecule has 0 unspecified atom stereocenters. The minimum absolute atomic E-state index is 0.140. The van der Waals surface area contributed by atoms with Crippen LogP contribution in [0, 0.1) is 13.8 Å². The van der Waals surface area contributed by atoms with Crippen molar-refractivity contribution in [2.45, 2.75) is 20.4 Å². The molecule has 4 nitrogen and oxygen atoms in total. The topological polar surface area (TPSA) is 40.5 Å². The number of ether oxygens (including phenoxy) is 2. The molecular weight excluding hydrogens is 254 g/mol. The Bertz CT molecular complexity index is 646. The van der Waals surface area contributed by atoms with Crippen molar-refractivity contribution in [3.8, 4) is 11.5 Å². The van der Waals surface area contributed by atoms with Gasteiger partial charge in [0.15, 0.2) is 5.75 Å². The Hall–Kier alpha value is -2.23. The summed E-state index contributed by atoms with van der Waals surface area (Å²) in [5.74, 6) is 1.17. The molecule has 2 rings (SSSR count). The van der Waals surface area contributed by atoms with Crippen molar-refractivity contribution in [1.29, 1.82) is 0 Å². The average molecular weight is 273 g/mol. The van der Waals surface area contributed by atoms with E-state index < -0.39 is 0 Å². The first kappa shape index (κ1) is 14.2. The number of benzene rings is 1. The first-order valence-electron chi connectivity index (χ1n) is 6.55. The number of pyridine rings is 1. The van der Waals surface area contributed by atoms with Gasteiger partial charge in [-0.3, -0.25) is 4.79 Å². The SMILES string of the molecule is COc1cccn(CCOc2ccc(C)c(C)c2)c1=O. The second kappa shape index (κ2) is 6.28. The van der Waals surface area contributed by atoms with E-state index in [0.717, 1.165) is 5.75 Å². The second-order valence-corrected chi connectivity index (χ2v) is 4.67. The van der Waals surface area contributed by atoms with E-state index in [4.69, 9.17) is 9.47 Å². The Morgan fingerprint density at radius 1 is 1.15 bits per heavy atom. The smallest absolute Gasteiger partial charge is 0.292 e. The van der Waals surface area contributed by atoms with Crippen molar-refractivity contribution in [2.24, 2.45) is 0 Å². The van der Waals surface area contributed by atoms with Crippen molar-refractivity contribution in [2.75, 3.05) is 13.7 Å². The number of aryl methyl sites for hydroxylation is 2. The summed E-state index contributed by atoms with van der Waals surface area (Å²) in [6.45, 7) is 5.04. The quantitative estimate of drug-likeness (QED) is 0.840. The van der Waals surface area contributed by atoms with Crippen LogP contribution in [0.15, 0.2) is 41.3 Å². The van der Waals surface area contributed by atoms with Crippen LogP contribution in [0.4, 0.5) is 0 Å². The second-order valence-electron chi connectivity index (χ2n) is 4.67. The lowest BCUT2D eigenvalue weighted by atomic mass is 10.1. The van der Waals surface area contributed by atoms with Gasteiger partial charge in [0.1, 0.15) is 12.4 Å². The molecule has 0 saturated heterocycles. The highest BCUT2D eigenvalue weighted by molar-refractivity contribution is 5.33. The van der Waals surface area contributed by atoms with Crippen LogP contribution in [0.2, 0.25) is 0 Å². The maximum atomic E-state index is 11.9. The van der Waals surface area contributed by atoms with E-state index in [9.17, 15) is 4.79 Å². The highest BCUT2D eigenvalue weighted by Gasteiger charge is 2.03. The third-order valence-electron chi connectivity index (χ3n) is 3.28. The first-order valence-corrected chi connectivity index (χ1v) is 6.55. The standard InChI is InChI=1S/C16H19NO3/c1-12-6-7-14(11-13(12)2)20-10-9-17-8-4-5-15(19-3)16(17)18/h4-8,11H,9-10H2,1-3H3. The predicted molar refractivity (Wildman–Crippen MR) is 78.7 cm³/mol. The number of hydrogen-bond acceptors (Lipinski definition) is 3. The number of methoxy groups -OCH3 is 1. The molecule has 1 aromatic heterocycles. The molecule has 1 aromatic carbocycles. The zero-order chi connectivity index (χ0) is 14.5. The molecule has 4 heteroatoms. The Labute approximate surface area is 118 Å². The van der Waals surface area contributed by atoms with E-state index in [0.29, 0.717) is 18.9 Å². The molecule has 0 radical (unpaired) electrons. The minimum Gasteiger partial charge on any atom is -0.492 e. The van der Waals surface area contributed by atoms with Gasteiger partial charge >= 0.3 is 0 Å². The molecule has 0 aliphatic heterocycles. The van der Waals surface area contributed by atoms with E-state index in [1.54, 1.807) is 22.9 Å². The number of aromatic nitrogens is 1. The molecule has 0 fully saturated rings. The number of hydrogen-bond donors (Lipinski definition) is 0. The monoisotopic (exact) mass is 273 g/mol. The maximum Gasteiger partial charge on any atom is 0.292 e. The van der Waals surface area contributed by atoms with Crippen molar-refractivity contribution in [1.82, 2.24) is 4.57 Å². The Morgan fingerprint density at radius 3 is 2.65 bits per heavy atom.